The summed E-state index contributed by atoms with van der Waals surface area (Å²) in [4.78, 5) is 40.7. The Balaban J connectivity index is 1.95. The molecule has 1 N–H and O–H groups in total. The molecule has 0 aliphatic heterocycles. The largest absolute Gasteiger partial charge is 0.354 e. The maximum absolute atomic E-state index is 13.9. The van der Waals surface area contributed by atoms with Gasteiger partial charge in [0.15, 0.2) is 0 Å². The smallest absolute Gasteiger partial charge is 0.341 e. The third kappa shape index (κ3) is 3.86. The van der Waals surface area contributed by atoms with Crippen molar-refractivity contribution in [3.05, 3.63) is 127 Å². The maximum Gasteiger partial charge on any atom is 0.341 e. The van der Waals surface area contributed by atoms with E-state index in [1.165, 1.54) is 15.2 Å². The number of nitrogens with zero attached hydrogens (tertiary/aromatic N) is 3. The van der Waals surface area contributed by atoms with Crippen LogP contribution in [0.1, 0.15) is 5.56 Å². The van der Waals surface area contributed by atoms with Gasteiger partial charge in [0.25, 0.3) is 11.1 Å². The van der Waals surface area contributed by atoms with Crippen LogP contribution in [0.3, 0.4) is 0 Å². The summed E-state index contributed by atoms with van der Waals surface area (Å²) in [5, 5.41) is 4.01. The minimum Gasteiger partial charge on any atom is -0.354 e. The molecule has 0 saturated heterocycles. The molecule has 0 spiro atoms. The van der Waals surface area contributed by atoms with E-state index in [0.717, 1.165) is 10.1 Å². The average Bonchev–Trinajstić information content (AvgIpc) is 2.85. The number of para-hydroxylation sites is 2. The van der Waals surface area contributed by atoms with E-state index < -0.39 is 11.2 Å². The van der Waals surface area contributed by atoms with Gasteiger partial charge in [-0.15, -0.1) is 0 Å². The van der Waals surface area contributed by atoms with Crippen LogP contribution in [0.15, 0.2) is 99.3 Å². The Morgan fingerprint density at radius 1 is 0.743 bits per heavy atom. The van der Waals surface area contributed by atoms with Gasteiger partial charge in [0, 0.05) is 23.8 Å². The number of pyridine rings is 1. The van der Waals surface area contributed by atoms with E-state index in [9.17, 15) is 14.4 Å². The first-order valence-corrected chi connectivity index (χ1v) is 11.3. The van der Waals surface area contributed by atoms with Crippen molar-refractivity contribution in [1.82, 2.24) is 13.7 Å². The van der Waals surface area contributed by atoms with Crippen LogP contribution in [0, 0.1) is 6.92 Å². The van der Waals surface area contributed by atoms with Crippen molar-refractivity contribution < 1.29 is 0 Å². The van der Waals surface area contributed by atoms with Gasteiger partial charge in [-0.3, -0.25) is 14.2 Å². The van der Waals surface area contributed by atoms with E-state index >= 15 is 0 Å². The number of hydrogen-bond acceptors (Lipinski definition) is 4. The quantitative estimate of drug-likeness (QED) is 0.406. The van der Waals surface area contributed by atoms with Crippen LogP contribution >= 0.6 is 11.6 Å². The Morgan fingerprint density at radius 2 is 1.34 bits per heavy atom. The first kappa shape index (κ1) is 22.4. The fourth-order valence-electron chi connectivity index (χ4n) is 4.17. The standard InChI is InChI=1S/C27H21ClN4O3/c1-17-15-18(28)13-14-21(17)29-22-16-23(33)30(2)25-24(22)26(34)32(20-11-7-4-8-12-20)27(35)31(25)19-9-5-3-6-10-19/h3-16,29H,1-2H3. The van der Waals surface area contributed by atoms with Crippen LogP contribution in [-0.2, 0) is 7.05 Å². The molecule has 7 nitrogen and oxygen atoms in total. The Labute approximate surface area is 205 Å². The Hall–Kier alpha value is -4.36. The van der Waals surface area contributed by atoms with Gasteiger partial charge in [0.05, 0.1) is 17.1 Å². The Morgan fingerprint density at radius 3 is 1.94 bits per heavy atom. The van der Waals surface area contributed by atoms with E-state index in [1.807, 2.05) is 19.1 Å². The lowest BCUT2D eigenvalue weighted by atomic mass is 10.1. The number of aryl methyl sites for hydroxylation is 2. The third-order valence-electron chi connectivity index (χ3n) is 5.91. The van der Waals surface area contributed by atoms with E-state index in [2.05, 4.69) is 5.32 Å². The summed E-state index contributed by atoms with van der Waals surface area (Å²) in [6.07, 6.45) is 0. The van der Waals surface area contributed by atoms with Crippen LogP contribution in [0.4, 0.5) is 11.4 Å². The second-order valence-electron chi connectivity index (χ2n) is 8.17. The first-order valence-electron chi connectivity index (χ1n) is 10.9. The molecule has 2 aromatic heterocycles. The lowest BCUT2D eigenvalue weighted by Crippen LogP contribution is -2.40. The summed E-state index contributed by atoms with van der Waals surface area (Å²) in [6.45, 7) is 1.87. The Bertz CT molecular complexity index is 1750. The van der Waals surface area contributed by atoms with Crippen LogP contribution in [0.25, 0.3) is 22.4 Å². The molecule has 0 bridgehead atoms. The molecule has 0 aliphatic rings. The molecule has 0 atom stereocenters. The predicted octanol–water partition coefficient (Wildman–Crippen LogP) is 4.55. The fourth-order valence-corrected chi connectivity index (χ4v) is 4.40. The number of hydrogen-bond donors (Lipinski definition) is 1. The molecule has 174 valence electrons. The minimum atomic E-state index is -0.574. The first-order chi connectivity index (χ1) is 16.9. The number of anilines is 2. The summed E-state index contributed by atoms with van der Waals surface area (Å²) in [7, 11) is 1.55. The molecule has 35 heavy (non-hydrogen) atoms. The molecule has 0 fully saturated rings. The zero-order chi connectivity index (χ0) is 24.7. The van der Waals surface area contributed by atoms with E-state index in [0.29, 0.717) is 27.8 Å². The second kappa shape index (κ2) is 8.77. The van der Waals surface area contributed by atoms with Gasteiger partial charge in [-0.25, -0.2) is 13.9 Å². The average molecular weight is 485 g/mol. The molecule has 0 amide bonds. The highest BCUT2D eigenvalue weighted by molar-refractivity contribution is 6.30. The van der Waals surface area contributed by atoms with E-state index in [-0.39, 0.29) is 16.6 Å². The molecule has 3 aromatic carbocycles. The number of halogens is 1. The van der Waals surface area contributed by atoms with Crippen molar-refractivity contribution in [2.75, 3.05) is 5.32 Å². The summed E-state index contributed by atoms with van der Waals surface area (Å²) < 4.78 is 3.84. The third-order valence-corrected chi connectivity index (χ3v) is 6.14. The van der Waals surface area contributed by atoms with Crippen molar-refractivity contribution in [1.29, 1.82) is 0 Å². The molecular formula is C27H21ClN4O3. The minimum absolute atomic E-state index is 0.194. The van der Waals surface area contributed by atoms with Crippen LogP contribution in [-0.4, -0.2) is 13.7 Å². The van der Waals surface area contributed by atoms with Crippen molar-refractivity contribution in [2.24, 2.45) is 7.05 Å². The molecule has 2 heterocycles. The van der Waals surface area contributed by atoms with Gasteiger partial charge < -0.3 is 5.32 Å². The molecule has 5 rings (SSSR count). The van der Waals surface area contributed by atoms with Crippen molar-refractivity contribution in [2.45, 2.75) is 6.92 Å². The summed E-state index contributed by atoms with van der Waals surface area (Å²) >= 11 is 6.11. The van der Waals surface area contributed by atoms with Crippen LogP contribution < -0.4 is 22.1 Å². The number of fused-ring (bicyclic) bond motifs is 1. The molecule has 0 aliphatic carbocycles. The monoisotopic (exact) mass is 484 g/mol. The Kier molecular flexibility index (Phi) is 5.62. The van der Waals surface area contributed by atoms with Crippen molar-refractivity contribution in [3.63, 3.8) is 0 Å². The second-order valence-corrected chi connectivity index (χ2v) is 8.60. The van der Waals surface area contributed by atoms with Crippen molar-refractivity contribution >= 4 is 34.0 Å². The number of rotatable bonds is 4. The number of benzene rings is 3. The lowest BCUT2D eigenvalue weighted by Gasteiger charge is -2.19. The van der Waals surface area contributed by atoms with Gasteiger partial charge in [-0.05, 0) is 55.0 Å². The topological polar surface area (TPSA) is 78.0 Å². The summed E-state index contributed by atoms with van der Waals surface area (Å²) in [6, 6.07) is 24.3. The number of aromatic nitrogens is 3. The molecule has 0 unspecified atom stereocenters. The highest BCUT2D eigenvalue weighted by Crippen LogP contribution is 2.27. The molecular weight excluding hydrogens is 464 g/mol. The normalized spacial score (nSPS) is 11.1. The SMILES string of the molecule is Cc1cc(Cl)ccc1Nc1cc(=O)n(C)c2c1c(=O)n(-c1ccccc1)c(=O)n2-c1ccccc1. The van der Waals surface area contributed by atoms with Gasteiger partial charge >= 0.3 is 5.69 Å². The molecule has 0 radical (unpaired) electrons. The maximum atomic E-state index is 13.9. The molecule has 8 heteroatoms. The van der Waals surface area contributed by atoms with E-state index in [4.69, 9.17) is 11.6 Å². The molecule has 0 saturated carbocycles. The van der Waals surface area contributed by atoms with Crippen LogP contribution in [0.5, 0.6) is 0 Å². The lowest BCUT2D eigenvalue weighted by molar-refractivity contribution is 0.784. The van der Waals surface area contributed by atoms with E-state index in [1.54, 1.807) is 73.8 Å². The summed E-state index contributed by atoms with van der Waals surface area (Å²) in [5.74, 6) is 0. The number of nitrogens with one attached hydrogen (secondary N) is 1. The van der Waals surface area contributed by atoms with Crippen molar-refractivity contribution in [3.8, 4) is 11.4 Å². The van der Waals surface area contributed by atoms with Gasteiger partial charge in [-0.2, -0.15) is 0 Å². The summed E-state index contributed by atoms with van der Waals surface area (Å²) in [5.41, 5.74) is 1.50. The van der Waals surface area contributed by atoms with Gasteiger partial charge in [-0.1, -0.05) is 48.0 Å². The zero-order valence-corrected chi connectivity index (χ0v) is 19.8. The van der Waals surface area contributed by atoms with Gasteiger partial charge in [0.1, 0.15) is 11.0 Å². The zero-order valence-electron chi connectivity index (χ0n) is 19.0. The van der Waals surface area contributed by atoms with Gasteiger partial charge in [0.2, 0.25) is 0 Å². The molecule has 5 aromatic rings. The van der Waals surface area contributed by atoms with Crippen LogP contribution in [0.2, 0.25) is 5.02 Å². The fraction of sp³-hybridized carbons (Fsp3) is 0.0741. The predicted molar refractivity (Wildman–Crippen MR) is 140 cm³/mol. The highest BCUT2D eigenvalue weighted by Gasteiger charge is 2.22. The highest BCUT2D eigenvalue weighted by atomic mass is 35.5.